The van der Waals surface area contributed by atoms with Crippen LogP contribution in [0.5, 0.6) is 11.5 Å². The van der Waals surface area contributed by atoms with Crippen molar-refractivity contribution in [3.05, 3.63) is 155 Å². The largest absolute Gasteiger partial charge is 0.491 e. The fourth-order valence-electron chi connectivity index (χ4n) is 26.7. The first-order valence-corrected chi connectivity index (χ1v) is 53.0. The van der Waals surface area contributed by atoms with E-state index in [9.17, 15) is 4.79 Å². The third-order valence-corrected chi connectivity index (χ3v) is 36.0. The molecule has 1 aromatic heterocycles. The molecule has 3 aromatic carbocycles. The molecule has 1 radical (unpaired) electrons. The Morgan fingerprint density at radius 1 is 0.408 bits per heavy atom. The summed E-state index contributed by atoms with van der Waals surface area (Å²) in [6.45, 7) is 59.3. The first kappa shape index (κ1) is 105. The standard InChI is InChI=1S/C19H31N.C18H26N2O.C18H32N2.C18H30N2.C16H26N2.C13H20O3.C11H16O2.CH3.Y/c1-15(2)18-12-19(13-18,14-18)16-6-8-17(9-7-16)20-10-4-3-5-11-20;1-14(2)17-11-18(12-17,13-17)20-9-6-15(10-16(20)21)19-7-4-3-5-8-19;2*1-15(2)17-12-18(13-17,14-17)20-10-6-16(7-11-20)19-8-4-3-5-9-19;1-4-17-9-11-18(12-10-17)13-15-5-7-16(8-6-15)14(2)3;1-11(2)12-3-5-13(6-4-12)16-10-9-15-8-7-14;1-9(2)10-3-5-11(6-4-10)13-8-7-12;;/h6,15,17H,3-5,7-14H2,1-2H3;6,9-10,14H,3-5,7-8,11-13H2,1-2H3;15-16H,3-14H2,1-2H3;6,15H,3-5,7-14H2,1-2H3;5-8,14H,4,9-13H2,1-3H3;3-6,11,14H,7-10H2,1-2H3;3-6,9,12H,7-8H2,1-2H3;1H3;/q;;;;;;;-1;. The molecule has 20 aliphatic rings. The van der Waals surface area contributed by atoms with Gasteiger partial charge >= 0.3 is 0 Å². The van der Waals surface area contributed by atoms with Gasteiger partial charge in [0.05, 0.1) is 26.4 Å². The van der Waals surface area contributed by atoms with Crippen molar-refractivity contribution in [1.82, 2.24) is 38.9 Å². The molecule has 1 atom stereocenters. The van der Waals surface area contributed by atoms with Gasteiger partial charge in [0.1, 0.15) is 24.7 Å². The molecule has 18 fully saturated rings. The Balaban J connectivity index is 0.000000138. The van der Waals surface area contributed by atoms with Gasteiger partial charge in [0.15, 0.2) is 0 Å². The molecule has 24 rings (SSSR count). The van der Waals surface area contributed by atoms with Gasteiger partial charge in [0, 0.05) is 170 Å². The topological polar surface area (TPSA) is 116 Å². The van der Waals surface area contributed by atoms with Gasteiger partial charge in [0.25, 0.3) is 5.56 Å². The van der Waals surface area contributed by atoms with Crippen molar-refractivity contribution < 1.29 is 57.1 Å². The normalized spacial score (nSPS) is 30.4. The number of pyridine rings is 1. The number of aliphatic hydroxyl groups excluding tert-OH is 2. The molecule has 16 heteroatoms. The first-order valence-electron chi connectivity index (χ1n) is 53.0. The number of anilines is 1. The second kappa shape index (κ2) is 47.1. The molecule has 8 heterocycles. The van der Waals surface area contributed by atoms with E-state index in [-0.39, 0.29) is 64.4 Å². The smallest absolute Gasteiger partial charge is 0.253 e. The molecule has 725 valence electrons. The number of aliphatic hydroxyl groups is 2. The Labute approximate surface area is 817 Å². The summed E-state index contributed by atoms with van der Waals surface area (Å²) in [4.78, 5) is 34.0. The minimum Gasteiger partial charge on any atom is -0.491 e. The van der Waals surface area contributed by atoms with E-state index in [0.29, 0.717) is 66.1 Å². The zero-order valence-electron chi connectivity index (χ0n) is 85.3. The fourth-order valence-corrected chi connectivity index (χ4v) is 26.7. The monoisotopic (exact) mass is 1860 g/mol. The van der Waals surface area contributed by atoms with E-state index in [1.807, 2.05) is 40.5 Å². The Hall–Kier alpha value is -3.97. The van der Waals surface area contributed by atoms with E-state index in [4.69, 9.17) is 24.4 Å². The SMILES string of the molecule is CC(C)C12CC(C3=CCC(N4CCCCC4)CC3)(C1)C2.CC(C)C12CC(N3CC=C(N4CCCCC4)CC3)(C1)C2.CC(C)C12CC(N3CCC(N4CCCCC4)CC3)(C1)C2.CC(C)C12CC(n3ccc(N4CCCCC4)cc3=O)(C1)C2.CC(C)c1ccc(OCCO)cc1.CC(C)c1ccc(OCCOCCO)cc1.CCN1CCN(Cc2ccc(C(C)C)cc2)CC1.[CH3-].[Y]. The summed E-state index contributed by atoms with van der Waals surface area (Å²) in [6.07, 6.45) is 49.7. The summed E-state index contributed by atoms with van der Waals surface area (Å²) < 4.78 is 17.8. The molecular formula is C114H184N9O6Y-. The van der Waals surface area contributed by atoms with Crippen LogP contribution in [0.2, 0.25) is 0 Å². The molecule has 0 amide bonds. The summed E-state index contributed by atoms with van der Waals surface area (Å²) >= 11 is 0. The van der Waals surface area contributed by atoms with Gasteiger partial charge in [-0.15, -0.1) is 0 Å². The number of benzene rings is 3. The van der Waals surface area contributed by atoms with Crippen molar-refractivity contribution in [3.63, 3.8) is 0 Å². The van der Waals surface area contributed by atoms with Crippen LogP contribution in [-0.2, 0) is 49.5 Å². The maximum absolute atomic E-state index is 12.6. The molecule has 15 nitrogen and oxygen atoms in total. The van der Waals surface area contributed by atoms with Crippen molar-refractivity contribution in [1.29, 1.82) is 0 Å². The maximum atomic E-state index is 12.6. The molecule has 12 saturated carbocycles. The number of nitrogens with zero attached hydrogens (tertiary/aromatic N) is 9. The summed E-state index contributed by atoms with van der Waals surface area (Å²) in [6, 6.07) is 31.1. The second-order valence-electron chi connectivity index (χ2n) is 46.1. The van der Waals surface area contributed by atoms with Crippen LogP contribution < -0.4 is 19.9 Å². The summed E-state index contributed by atoms with van der Waals surface area (Å²) in [7, 11) is 0. The molecule has 0 spiro atoms. The number of ether oxygens (including phenoxy) is 3. The number of hydrogen-bond acceptors (Lipinski definition) is 14. The van der Waals surface area contributed by atoms with E-state index >= 15 is 0 Å². The van der Waals surface area contributed by atoms with Crippen LogP contribution in [0.25, 0.3) is 0 Å². The predicted octanol–water partition coefficient (Wildman–Crippen LogP) is 23.1. The van der Waals surface area contributed by atoms with Crippen molar-refractivity contribution >= 4 is 5.69 Å². The van der Waals surface area contributed by atoms with Crippen LogP contribution in [-0.4, -0.2) is 223 Å². The number of aromatic nitrogens is 1. The second-order valence-corrected chi connectivity index (χ2v) is 46.1. The van der Waals surface area contributed by atoms with Crippen LogP contribution in [0.15, 0.2) is 119 Å². The van der Waals surface area contributed by atoms with Crippen LogP contribution in [0.3, 0.4) is 0 Å². The maximum Gasteiger partial charge on any atom is 0.253 e. The predicted molar refractivity (Wildman–Crippen MR) is 539 cm³/mol. The van der Waals surface area contributed by atoms with Crippen LogP contribution in [0, 0.1) is 58.2 Å². The summed E-state index contributed by atoms with van der Waals surface area (Å²) in [5.74, 6) is 6.87. The molecular weight excluding hydrogens is 1680 g/mol. The van der Waals surface area contributed by atoms with E-state index in [1.165, 1.54) is 313 Å². The number of likely N-dealkylation sites (tertiary alicyclic amines) is 4. The average molecular weight is 1870 g/mol. The molecule has 1 unspecified atom stereocenters. The Bertz CT molecular complexity index is 4090. The fraction of sp³-hybridized carbons (Fsp3) is 0.754. The van der Waals surface area contributed by atoms with Gasteiger partial charge in [-0.3, -0.25) is 19.5 Å². The number of piperidine rings is 5. The van der Waals surface area contributed by atoms with Gasteiger partial charge in [-0.1, -0.05) is 183 Å². The number of allylic oxidation sites excluding steroid dienone is 1. The van der Waals surface area contributed by atoms with Gasteiger partial charge < -0.3 is 60.9 Å². The average Bonchev–Trinajstić information content (AvgIpc) is 0.658. The van der Waals surface area contributed by atoms with E-state index in [0.717, 1.165) is 88.8 Å². The molecule has 2 N–H and O–H groups in total. The Morgan fingerprint density at radius 3 is 1.25 bits per heavy atom. The minimum atomic E-state index is 0. The zero-order chi connectivity index (χ0) is 90.5. The van der Waals surface area contributed by atoms with Gasteiger partial charge in [0.2, 0.25) is 0 Å². The zero-order valence-corrected chi connectivity index (χ0v) is 88.2. The van der Waals surface area contributed by atoms with Gasteiger partial charge in [-0.05, 0) is 334 Å². The van der Waals surface area contributed by atoms with E-state index < -0.39 is 0 Å². The van der Waals surface area contributed by atoms with Crippen molar-refractivity contribution in [3.8, 4) is 11.5 Å². The molecule has 4 aromatic rings. The Kier molecular flexibility index (Phi) is 38.0. The minimum absolute atomic E-state index is 0. The van der Waals surface area contributed by atoms with Crippen LogP contribution in [0.4, 0.5) is 5.69 Å². The number of piperazine rings is 1. The number of rotatable bonds is 27. The quantitative estimate of drug-likeness (QED) is 0.0335. The molecule has 6 saturated heterocycles. The number of hydrogen-bond donors (Lipinski definition) is 2. The Morgan fingerprint density at radius 2 is 0.831 bits per heavy atom. The summed E-state index contributed by atoms with van der Waals surface area (Å²) in [5, 5.41) is 17.0. The third kappa shape index (κ3) is 24.6. The van der Waals surface area contributed by atoms with Crippen LogP contribution >= 0.6 is 0 Å². The summed E-state index contributed by atoms with van der Waals surface area (Å²) in [5.41, 5.74) is 15.4. The molecule has 8 bridgehead atoms. The third-order valence-electron chi connectivity index (χ3n) is 36.0. The number of likely N-dealkylation sites (N-methyl/N-ethyl adjacent to an activating group) is 1. The van der Waals surface area contributed by atoms with E-state index in [1.54, 1.807) is 5.70 Å². The molecule has 13 aliphatic carbocycles. The van der Waals surface area contributed by atoms with Crippen LogP contribution in [0.1, 0.15) is 336 Å². The van der Waals surface area contributed by atoms with Crippen molar-refractivity contribution in [2.45, 2.75) is 349 Å². The molecule has 7 aliphatic heterocycles. The van der Waals surface area contributed by atoms with E-state index in [2.05, 4.69) is 216 Å². The van der Waals surface area contributed by atoms with Crippen molar-refractivity contribution in [2.24, 2.45) is 50.7 Å². The molecule has 130 heavy (non-hydrogen) atoms. The van der Waals surface area contributed by atoms with Gasteiger partial charge in [-0.25, -0.2) is 0 Å². The van der Waals surface area contributed by atoms with Gasteiger partial charge in [-0.2, -0.15) is 0 Å². The first-order chi connectivity index (χ1) is 61.6. The van der Waals surface area contributed by atoms with Crippen molar-refractivity contribution in [2.75, 3.05) is 156 Å².